The molecular formula is C14H17N3O2. The number of hydrogen-bond acceptors (Lipinski definition) is 3. The Balaban J connectivity index is 2.09. The molecule has 0 unspecified atom stereocenters. The summed E-state index contributed by atoms with van der Waals surface area (Å²) >= 11 is 0. The summed E-state index contributed by atoms with van der Waals surface area (Å²) < 4.78 is 1.70. The molecule has 0 saturated carbocycles. The van der Waals surface area contributed by atoms with Crippen LogP contribution in [0.3, 0.4) is 0 Å². The Morgan fingerprint density at radius 3 is 2.68 bits per heavy atom. The maximum Gasteiger partial charge on any atom is 0.303 e. The number of carboxylic acids is 1. The molecule has 0 aliphatic heterocycles. The van der Waals surface area contributed by atoms with E-state index in [2.05, 4.69) is 5.10 Å². The summed E-state index contributed by atoms with van der Waals surface area (Å²) in [5.41, 5.74) is 9.09. The molecule has 0 atom stereocenters. The van der Waals surface area contributed by atoms with E-state index in [-0.39, 0.29) is 6.42 Å². The summed E-state index contributed by atoms with van der Waals surface area (Å²) in [6, 6.07) is 8.15. The molecule has 2 rings (SSSR count). The van der Waals surface area contributed by atoms with E-state index in [9.17, 15) is 4.79 Å². The van der Waals surface area contributed by atoms with Crippen LogP contribution in [0, 0.1) is 6.92 Å². The SMILES string of the molecule is Cc1ccc(Cn2ncc(CCC(=O)O)c2N)cc1. The summed E-state index contributed by atoms with van der Waals surface area (Å²) in [5.74, 6) is -0.285. The Morgan fingerprint density at radius 2 is 2.05 bits per heavy atom. The lowest BCUT2D eigenvalue weighted by Crippen LogP contribution is -2.07. The predicted octanol–water partition coefficient (Wildman–Crippen LogP) is 1.84. The highest BCUT2D eigenvalue weighted by Gasteiger charge is 2.09. The first-order chi connectivity index (χ1) is 9.06. The van der Waals surface area contributed by atoms with Crippen LogP contribution < -0.4 is 5.73 Å². The summed E-state index contributed by atoms with van der Waals surface area (Å²) in [6.45, 7) is 2.63. The van der Waals surface area contributed by atoms with E-state index in [1.54, 1.807) is 10.9 Å². The van der Waals surface area contributed by atoms with Gasteiger partial charge in [0.2, 0.25) is 0 Å². The van der Waals surface area contributed by atoms with Gasteiger partial charge in [0.25, 0.3) is 0 Å². The summed E-state index contributed by atoms with van der Waals surface area (Å²) in [5, 5.41) is 12.9. The van der Waals surface area contributed by atoms with Crippen molar-refractivity contribution in [2.24, 2.45) is 0 Å². The Labute approximate surface area is 111 Å². The first-order valence-electron chi connectivity index (χ1n) is 6.14. The van der Waals surface area contributed by atoms with Gasteiger partial charge < -0.3 is 10.8 Å². The third-order valence-electron chi connectivity index (χ3n) is 3.02. The van der Waals surface area contributed by atoms with Crippen molar-refractivity contribution >= 4 is 11.8 Å². The molecule has 19 heavy (non-hydrogen) atoms. The monoisotopic (exact) mass is 259 g/mol. The Bertz CT molecular complexity index is 573. The van der Waals surface area contributed by atoms with Gasteiger partial charge in [-0.15, -0.1) is 0 Å². The van der Waals surface area contributed by atoms with Crippen LogP contribution in [0.15, 0.2) is 30.5 Å². The number of rotatable bonds is 5. The van der Waals surface area contributed by atoms with E-state index < -0.39 is 5.97 Å². The number of nitrogens with two attached hydrogens (primary N) is 1. The summed E-state index contributed by atoms with van der Waals surface area (Å²) in [6.07, 6.45) is 2.13. The second-order valence-corrected chi connectivity index (χ2v) is 4.59. The molecule has 1 aromatic carbocycles. The first-order valence-corrected chi connectivity index (χ1v) is 6.14. The molecule has 0 aliphatic carbocycles. The summed E-state index contributed by atoms with van der Waals surface area (Å²) in [4.78, 5) is 10.5. The maximum absolute atomic E-state index is 10.5. The van der Waals surface area contributed by atoms with Crippen molar-refractivity contribution in [3.63, 3.8) is 0 Å². The zero-order valence-corrected chi connectivity index (χ0v) is 10.8. The van der Waals surface area contributed by atoms with Crippen molar-refractivity contribution in [1.29, 1.82) is 0 Å². The van der Waals surface area contributed by atoms with Crippen LogP contribution in [0.2, 0.25) is 0 Å². The van der Waals surface area contributed by atoms with Crippen molar-refractivity contribution in [1.82, 2.24) is 9.78 Å². The Hall–Kier alpha value is -2.30. The number of anilines is 1. The number of hydrogen-bond donors (Lipinski definition) is 2. The fourth-order valence-electron chi connectivity index (χ4n) is 1.86. The molecule has 5 heteroatoms. The minimum Gasteiger partial charge on any atom is -0.481 e. The van der Waals surface area contributed by atoms with Gasteiger partial charge in [-0.2, -0.15) is 5.10 Å². The highest BCUT2D eigenvalue weighted by atomic mass is 16.4. The standard InChI is InChI=1S/C14H17N3O2/c1-10-2-4-11(5-3-10)9-17-14(15)12(8-16-17)6-7-13(18)19/h2-5,8H,6-7,9,15H2,1H3,(H,18,19). The molecule has 3 N–H and O–H groups in total. The number of aliphatic carboxylic acids is 1. The van der Waals surface area contributed by atoms with Crippen molar-refractivity contribution in [2.75, 3.05) is 5.73 Å². The van der Waals surface area contributed by atoms with Crippen molar-refractivity contribution in [3.05, 3.63) is 47.2 Å². The topological polar surface area (TPSA) is 81.1 Å². The van der Waals surface area contributed by atoms with E-state index in [4.69, 9.17) is 10.8 Å². The first kappa shape index (κ1) is 13.1. The van der Waals surface area contributed by atoms with E-state index in [1.165, 1.54) is 5.56 Å². The van der Waals surface area contributed by atoms with Gasteiger partial charge in [0.15, 0.2) is 0 Å². The smallest absolute Gasteiger partial charge is 0.303 e. The molecule has 5 nitrogen and oxygen atoms in total. The van der Waals surface area contributed by atoms with Crippen LogP contribution in [-0.4, -0.2) is 20.9 Å². The van der Waals surface area contributed by atoms with Gasteiger partial charge in [-0.3, -0.25) is 4.79 Å². The zero-order valence-electron chi connectivity index (χ0n) is 10.8. The van der Waals surface area contributed by atoms with Crippen LogP contribution in [-0.2, 0) is 17.8 Å². The molecule has 0 fully saturated rings. The van der Waals surface area contributed by atoms with Crippen LogP contribution >= 0.6 is 0 Å². The molecule has 0 aliphatic rings. The highest BCUT2D eigenvalue weighted by molar-refractivity contribution is 5.67. The zero-order chi connectivity index (χ0) is 13.8. The van der Waals surface area contributed by atoms with Crippen LogP contribution in [0.4, 0.5) is 5.82 Å². The van der Waals surface area contributed by atoms with Gasteiger partial charge >= 0.3 is 5.97 Å². The summed E-state index contributed by atoms with van der Waals surface area (Å²) in [7, 11) is 0. The van der Waals surface area contributed by atoms with Crippen LogP contribution in [0.1, 0.15) is 23.1 Å². The molecule has 1 aromatic heterocycles. The number of benzene rings is 1. The third-order valence-corrected chi connectivity index (χ3v) is 3.02. The predicted molar refractivity (Wildman–Crippen MR) is 72.9 cm³/mol. The average molecular weight is 259 g/mol. The molecule has 0 spiro atoms. The van der Waals surface area contributed by atoms with Crippen molar-refractivity contribution in [3.8, 4) is 0 Å². The van der Waals surface area contributed by atoms with Gasteiger partial charge in [0.1, 0.15) is 5.82 Å². The quantitative estimate of drug-likeness (QED) is 0.858. The van der Waals surface area contributed by atoms with Crippen molar-refractivity contribution < 1.29 is 9.90 Å². The Morgan fingerprint density at radius 1 is 1.37 bits per heavy atom. The van der Waals surface area contributed by atoms with Gasteiger partial charge in [0.05, 0.1) is 12.7 Å². The Kier molecular flexibility index (Phi) is 3.85. The molecule has 0 radical (unpaired) electrons. The molecule has 2 aromatic rings. The lowest BCUT2D eigenvalue weighted by atomic mass is 10.1. The molecule has 0 saturated heterocycles. The van der Waals surface area contributed by atoms with Crippen molar-refractivity contribution in [2.45, 2.75) is 26.3 Å². The average Bonchev–Trinajstić information content (AvgIpc) is 2.71. The van der Waals surface area contributed by atoms with E-state index in [0.29, 0.717) is 18.8 Å². The largest absolute Gasteiger partial charge is 0.481 e. The number of carboxylic acid groups (broad SMARTS) is 1. The molecule has 0 bridgehead atoms. The maximum atomic E-state index is 10.5. The second-order valence-electron chi connectivity index (χ2n) is 4.59. The number of nitrogens with zero attached hydrogens (tertiary/aromatic N) is 2. The van der Waals surface area contributed by atoms with E-state index in [0.717, 1.165) is 11.1 Å². The number of nitrogen functional groups attached to an aromatic ring is 1. The number of carbonyl (C=O) groups is 1. The van der Waals surface area contributed by atoms with E-state index in [1.807, 2.05) is 31.2 Å². The van der Waals surface area contributed by atoms with Crippen LogP contribution in [0.5, 0.6) is 0 Å². The van der Waals surface area contributed by atoms with Crippen LogP contribution in [0.25, 0.3) is 0 Å². The minimum absolute atomic E-state index is 0.0699. The third kappa shape index (κ3) is 3.34. The van der Waals surface area contributed by atoms with E-state index >= 15 is 0 Å². The second kappa shape index (κ2) is 5.56. The van der Waals surface area contributed by atoms with Gasteiger partial charge in [-0.25, -0.2) is 4.68 Å². The molecule has 1 heterocycles. The van der Waals surface area contributed by atoms with Gasteiger partial charge in [-0.05, 0) is 18.9 Å². The number of aryl methyl sites for hydroxylation is 2. The van der Waals surface area contributed by atoms with Gasteiger partial charge in [-0.1, -0.05) is 29.8 Å². The molecule has 0 amide bonds. The molecule has 100 valence electrons. The fourth-order valence-corrected chi connectivity index (χ4v) is 1.86. The lowest BCUT2D eigenvalue weighted by Gasteiger charge is -2.05. The fraction of sp³-hybridized carbons (Fsp3) is 0.286. The normalized spacial score (nSPS) is 10.6. The lowest BCUT2D eigenvalue weighted by molar-refractivity contribution is -0.136. The highest BCUT2D eigenvalue weighted by Crippen LogP contribution is 2.15. The van der Waals surface area contributed by atoms with Gasteiger partial charge in [0, 0.05) is 12.0 Å². The number of aromatic nitrogens is 2. The minimum atomic E-state index is -0.828. The molecular weight excluding hydrogens is 242 g/mol.